The number of esters is 3. The Hall–Kier alpha value is -3.15. The highest BCUT2D eigenvalue weighted by Crippen LogP contribution is 2.18. The molecule has 6 nitrogen and oxygen atoms in total. The molecule has 0 N–H and O–H groups in total. The van der Waals surface area contributed by atoms with Crippen molar-refractivity contribution in [2.45, 2.75) is 348 Å². The molecular formula is C71H126O6. The average Bonchev–Trinajstić information content (AvgIpc) is 3.43. The number of carbonyl (C=O) groups is 3. The third-order valence-electron chi connectivity index (χ3n) is 14.7. The van der Waals surface area contributed by atoms with Crippen molar-refractivity contribution in [3.63, 3.8) is 0 Å². The molecule has 77 heavy (non-hydrogen) atoms. The van der Waals surface area contributed by atoms with Gasteiger partial charge in [-0.15, -0.1) is 0 Å². The lowest BCUT2D eigenvalue weighted by atomic mass is 10.0. The Morgan fingerprint density at radius 2 is 0.519 bits per heavy atom. The van der Waals surface area contributed by atoms with Crippen molar-refractivity contribution in [1.82, 2.24) is 0 Å². The molecule has 0 saturated heterocycles. The molecule has 0 aliphatic carbocycles. The Bertz CT molecular complexity index is 1420. The fraction of sp³-hybridized carbons (Fsp3) is 0.789. The highest BCUT2D eigenvalue weighted by molar-refractivity contribution is 5.71. The van der Waals surface area contributed by atoms with Crippen LogP contribution in [-0.2, 0) is 28.6 Å². The first kappa shape index (κ1) is 73.8. The molecule has 0 radical (unpaired) electrons. The van der Waals surface area contributed by atoms with Gasteiger partial charge in [-0.2, -0.15) is 0 Å². The predicted molar refractivity (Wildman–Crippen MR) is 335 cm³/mol. The number of ether oxygens (including phenoxy) is 3. The standard InChI is InChI=1S/C71H126O6/c1-4-7-10-13-16-19-22-24-25-26-27-28-29-30-31-32-33-34-35-36-37-38-39-40-41-42-43-44-45-47-49-52-55-58-61-64-70(73)76-67-68(66-75-69(72)63-60-57-54-51-48-21-18-15-12-9-6-3)77-71(74)65-62-59-56-53-50-46-23-20-17-14-11-8-5-2/h7,10,15-16,18-19,24-25,27-28,30-31,68H,4-6,8-9,11-14,17,20-23,26,29,32-67H2,1-3H3/b10-7-,18-15-,19-16-,25-24-,28-27-,31-30-. The summed E-state index contributed by atoms with van der Waals surface area (Å²) in [6, 6.07) is 0. The lowest BCUT2D eigenvalue weighted by molar-refractivity contribution is -0.167. The van der Waals surface area contributed by atoms with Crippen LogP contribution in [-0.4, -0.2) is 37.2 Å². The molecule has 0 amide bonds. The van der Waals surface area contributed by atoms with Crippen molar-refractivity contribution in [2.24, 2.45) is 0 Å². The maximum Gasteiger partial charge on any atom is 0.306 e. The molecule has 0 aliphatic rings. The van der Waals surface area contributed by atoms with Gasteiger partial charge in [0.2, 0.25) is 0 Å². The summed E-state index contributed by atoms with van der Waals surface area (Å²) in [5.74, 6) is -0.864. The number of allylic oxidation sites excluding steroid dienone is 12. The van der Waals surface area contributed by atoms with Crippen LogP contribution in [0.2, 0.25) is 0 Å². The number of hydrogen-bond donors (Lipinski definition) is 0. The maximum atomic E-state index is 12.8. The molecule has 0 aromatic heterocycles. The minimum Gasteiger partial charge on any atom is -0.462 e. The molecule has 6 heteroatoms. The van der Waals surface area contributed by atoms with Crippen LogP contribution in [0.4, 0.5) is 0 Å². The number of hydrogen-bond acceptors (Lipinski definition) is 6. The molecule has 0 aliphatic heterocycles. The number of rotatable bonds is 61. The summed E-state index contributed by atoms with van der Waals surface area (Å²) < 4.78 is 16.9. The first-order chi connectivity index (χ1) is 38.0. The van der Waals surface area contributed by atoms with Gasteiger partial charge in [0, 0.05) is 19.3 Å². The van der Waals surface area contributed by atoms with E-state index in [9.17, 15) is 14.4 Å². The van der Waals surface area contributed by atoms with Crippen LogP contribution in [0.3, 0.4) is 0 Å². The smallest absolute Gasteiger partial charge is 0.306 e. The summed E-state index contributed by atoms with van der Waals surface area (Å²) in [5, 5.41) is 0. The van der Waals surface area contributed by atoms with Gasteiger partial charge in [0.1, 0.15) is 13.2 Å². The van der Waals surface area contributed by atoms with Crippen molar-refractivity contribution in [3.05, 3.63) is 72.9 Å². The van der Waals surface area contributed by atoms with Crippen molar-refractivity contribution in [1.29, 1.82) is 0 Å². The minimum atomic E-state index is -0.773. The number of unbranched alkanes of at least 4 members (excludes halogenated alkanes) is 38. The van der Waals surface area contributed by atoms with E-state index in [-0.39, 0.29) is 31.1 Å². The zero-order chi connectivity index (χ0) is 55.7. The van der Waals surface area contributed by atoms with E-state index in [2.05, 4.69) is 93.7 Å². The van der Waals surface area contributed by atoms with E-state index in [4.69, 9.17) is 14.2 Å². The Morgan fingerprint density at radius 1 is 0.273 bits per heavy atom. The van der Waals surface area contributed by atoms with Crippen molar-refractivity contribution < 1.29 is 28.6 Å². The first-order valence-electron chi connectivity index (χ1n) is 33.4. The minimum absolute atomic E-state index is 0.0718. The second-order valence-corrected chi connectivity index (χ2v) is 22.4. The average molecular weight is 1080 g/mol. The second kappa shape index (κ2) is 65.4. The van der Waals surface area contributed by atoms with Crippen LogP contribution in [0, 0.1) is 0 Å². The third-order valence-corrected chi connectivity index (χ3v) is 14.7. The highest BCUT2D eigenvalue weighted by Gasteiger charge is 2.19. The lowest BCUT2D eigenvalue weighted by Crippen LogP contribution is -2.30. The molecule has 1 atom stereocenters. The van der Waals surface area contributed by atoms with Gasteiger partial charge in [-0.1, -0.05) is 312 Å². The maximum absolute atomic E-state index is 12.8. The molecule has 0 aromatic rings. The highest BCUT2D eigenvalue weighted by atomic mass is 16.6. The predicted octanol–water partition coefficient (Wildman–Crippen LogP) is 22.9. The summed E-state index contributed by atoms with van der Waals surface area (Å²) in [4.78, 5) is 38.2. The molecule has 1 unspecified atom stereocenters. The van der Waals surface area contributed by atoms with Crippen LogP contribution in [0.25, 0.3) is 0 Å². The monoisotopic (exact) mass is 1070 g/mol. The van der Waals surface area contributed by atoms with E-state index >= 15 is 0 Å². The summed E-state index contributed by atoms with van der Waals surface area (Å²) >= 11 is 0. The van der Waals surface area contributed by atoms with E-state index in [0.717, 1.165) is 96.3 Å². The fourth-order valence-electron chi connectivity index (χ4n) is 9.69. The van der Waals surface area contributed by atoms with Gasteiger partial charge in [0.15, 0.2) is 6.10 Å². The second-order valence-electron chi connectivity index (χ2n) is 22.4. The molecule has 0 fully saturated rings. The van der Waals surface area contributed by atoms with Crippen LogP contribution in [0.15, 0.2) is 72.9 Å². The quantitative estimate of drug-likeness (QED) is 0.0261. The fourth-order valence-corrected chi connectivity index (χ4v) is 9.69. The summed E-state index contributed by atoms with van der Waals surface area (Å²) in [6.45, 7) is 6.52. The van der Waals surface area contributed by atoms with Gasteiger partial charge in [-0.3, -0.25) is 14.4 Å². The largest absolute Gasteiger partial charge is 0.462 e. The van der Waals surface area contributed by atoms with Crippen molar-refractivity contribution >= 4 is 17.9 Å². The Labute approximate surface area is 478 Å². The number of carbonyl (C=O) groups excluding carboxylic acids is 3. The molecule has 0 bridgehead atoms. The first-order valence-corrected chi connectivity index (χ1v) is 33.4. The van der Waals surface area contributed by atoms with Gasteiger partial charge in [0.25, 0.3) is 0 Å². The molecule has 0 heterocycles. The van der Waals surface area contributed by atoms with E-state index < -0.39 is 6.10 Å². The van der Waals surface area contributed by atoms with Gasteiger partial charge in [0.05, 0.1) is 0 Å². The van der Waals surface area contributed by atoms with Gasteiger partial charge in [-0.05, 0) is 83.5 Å². The van der Waals surface area contributed by atoms with Crippen molar-refractivity contribution in [3.8, 4) is 0 Å². The van der Waals surface area contributed by atoms with Crippen molar-refractivity contribution in [2.75, 3.05) is 13.2 Å². The van der Waals surface area contributed by atoms with E-state index in [1.807, 2.05) is 0 Å². The zero-order valence-electron chi connectivity index (χ0n) is 51.2. The lowest BCUT2D eigenvalue weighted by Gasteiger charge is -2.18. The Balaban J connectivity index is 4.03. The zero-order valence-corrected chi connectivity index (χ0v) is 51.2. The molecular weight excluding hydrogens is 949 g/mol. The topological polar surface area (TPSA) is 78.9 Å². The third kappa shape index (κ3) is 63.6. The van der Waals surface area contributed by atoms with E-state index in [1.54, 1.807) is 0 Å². The Kier molecular flexibility index (Phi) is 62.7. The molecule has 0 rings (SSSR count). The SMILES string of the molecule is CC/C=C\C/C=C\C/C=C\C/C=C\C/C=C\CCCCCCCCCCCCCCCCCCCCCC(=O)OCC(COC(=O)CCCCCCC/C=C\CCCC)OC(=O)CCCCCCCCCCCCCCC. The molecule has 0 spiro atoms. The summed E-state index contributed by atoms with van der Waals surface area (Å²) in [5.41, 5.74) is 0. The summed E-state index contributed by atoms with van der Waals surface area (Å²) in [6.07, 6.45) is 85.1. The molecule has 0 aromatic carbocycles. The van der Waals surface area contributed by atoms with Gasteiger partial charge in [-0.25, -0.2) is 0 Å². The van der Waals surface area contributed by atoms with Gasteiger partial charge >= 0.3 is 17.9 Å². The van der Waals surface area contributed by atoms with Crippen LogP contribution in [0.1, 0.15) is 342 Å². The molecule has 446 valence electrons. The van der Waals surface area contributed by atoms with Gasteiger partial charge < -0.3 is 14.2 Å². The van der Waals surface area contributed by atoms with E-state index in [0.29, 0.717) is 19.3 Å². The Morgan fingerprint density at radius 3 is 0.844 bits per heavy atom. The van der Waals surface area contributed by atoms with Crippen LogP contribution in [0.5, 0.6) is 0 Å². The van der Waals surface area contributed by atoms with Crippen LogP contribution >= 0.6 is 0 Å². The summed E-state index contributed by atoms with van der Waals surface area (Å²) in [7, 11) is 0. The van der Waals surface area contributed by atoms with Crippen LogP contribution < -0.4 is 0 Å². The van der Waals surface area contributed by atoms with E-state index in [1.165, 1.54) is 205 Å². The normalized spacial score (nSPS) is 12.5. The molecule has 0 saturated carbocycles.